The van der Waals surface area contributed by atoms with Gasteiger partial charge in [0.25, 0.3) is 0 Å². The first-order valence-electron chi connectivity index (χ1n) is 5.54. The van der Waals surface area contributed by atoms with Crippen molar-refractivity contribution in [1.82, 2.24) is 0 Å². The number of nitrogens with one attached hydrogen (secondary N) is 1. The summed E-state index contributed by atoms with van der Waals surface area (Å²) in [5.41, 5.74) is -0.198. The second kappa shape index (κ2) is 8.06. The van der Waals surface area contributed by atoms with Crippen molar-refractivity contribution in [2.75, 3.05) is 32.2 Å². The largest absolute Gasteiger partial charge is 0.478 e. The van der Waals surface area contributed by atoms with Crippen molar-refractivity contribution in [2.24, 2.45) is 0 Å². The van der Waals surface area contributed by atoms with Gasteiger partial charge in [0.1, 0.15) is 6.61 Å². The molecule has 0 radical (unpaired) electrons. The second-order valence-electron chi connectivity index (χ2n) is 3.71. The minimum Gasteiger partial charge on any atom is -0.478 e. The molecule has 20 heavy (non-hydrogen) atoms. The highest BCUT2D eigenvalue weighted by molar-refractivity contribution is 6.37. The van der Waals surface area contributed by atoms with Crippen LogP contribution in [-0.2, 0) is 14.3 Å². The first-order chi connectivity index (χ1) is 9.45. The predicted molar refractivity (Wildman–Crippen MR) is 74.7 cm³/mol. The van der Waals surface area contributed by atoms with E-state index in [9.17, 15) is 9.59 Å². The Morgan fingerprint density at radius 1 is 1.30 bits per heavy atom. The van der Waals surface area contributed by atoms with Crippen LogP contribution in [0, 0.1) is 0 Å². The molecule has 1 aromatic carbocycles. The van der Waals surface area contributed by atoms with Gasteiger partial charge in [-0.1, -0.05) is 23.2 Å². The number of halogens is 2. The topological polar surface area (TPSA) is 84.9 Å². The first kappa shape index (κ1) is 16.7. The van der Waals surface area contributed by atoms with Gasteiger partial charge in [0.15, 0.2) is 0 Å². The molecule has 0 bridgehead atoms. The van der Waals surface area contributed by atoms with Gasteiger partial charge in [-0.2, -0.15) is 0 Å². The van der Waals surface area contributed by atoms with Gasteiger partial charge in [-0.15, -0.1) is 0 Å². The number of carboxylic acid groups (broad SMARTS) is 1. The Bertz CT molecular complexity index is 507. The lowest BCUT2D eigenvalue weighted by Crippen LogP contribution is -2.21. The maximum atomic E-state index is 11.6. The molecule has 0 aliphatic heterocycles. The minimum atomic E-state index is -1.25. The number of amides is 1. The van der Waals surface area contributed by atoms with Gasteiger partial charge in [0.2, 0.25) is 5.91 Å². The summed E-state index contributed by atoms with van der Waals surface area (Å²) in [6, 6.07) is 2.55. The summed E-state index contributed by atoms with van der Waals surface area (Å²) in [6.45, 7) is 0.376. The monoisotopic (exact) mass is 321 g/mol. The molecule has 8 heteroatoms. The van der Waals surface area contributed by atoms with Crippen molar-refractivity contribution in [3.05, 3.63) is 27.7 Å². The van der Waals surface area contributed by atoms with E-state index in [1.54, 1.807) is 0 Å². The van der Waals surface area contributed by atoms with Crippen LogP contribution < -0.4 is 5.32 Å². The Morgan fingerprint density at radius 2 is 2.00 bits per heavy atom. The summed E-state index contributed by atoms with van der Waals surface area (Å²) in [7, 11) is 1.51. The molecule has 0 spiro atoms. The van der Waals surface area contributed by atoms with E-state index in [2.05, 4.69) is 5.32 Å². The summed E-state index contributed by atoms with van der Waals surface area (Å²) in [6.07, 6.45) is 0. The fourth-order valence-corrected chi connectivity index (χ4v) is 1.89. The van der Waals surface area contributed by atoms with Gasteiger partial charge in [0.05, 0.1) is 29.5 Å². The van der Waals surface area contributed by atoms with Crippen molar-refractivity contribution in [2.45, 2.75) is 0 Å². The van der Waals surface area contributed by atoms with Gasteiger partial charge in [0, 0.05) is 12.1 Å². The maximum absolute atomic E-state index is 11.6. The average molecular weight is 322 g/mol. The third kappa shape index (κ3) is 4.97. The van der Waals surface area contributed by atoms with Gasteiger partial charge < -0.3 is 19.9 Å². The molecule has 0 unspecified atom stereocenters. The average Bonchev–Trinajstić information content (AvgIpc) is 2.37. The van der Waals surface area contributed by atoms with Crippen LogP contribution in [0.3, 0.4) is 0 Å². The number of anilines is 1. The molecule has 6 nitrogen and oxygen atoms in total. The number of methoxy groups -OCH3 is 1. The first-order valence-corrected chi connectivity index (χ1v) is 6.30. The molecular formula is C12H13Cl2NO5. The van der Waals surface area contributed by atoms with Gasteiger partial charge in [-0.05, 0) is 12.1 Å². The highest BCUT2D eigenvalue weighted by Gasteiger charge is 2.17. The fourth-order valence-electron chi connectivity index (χ4n) is 1.35. The van der Waals surface area contributed by atoms with Gasteiger partial charge in [-0.25, -0.2) is 4.79 Å². The van der Waals surface area contributed by atoms with Gasteiger partial charge >= 0.3 is 5.97 Å². The van der Waals surface area contributed by atoms with E-state index < -0.39 is 11.9 Å². The fraction of sp³-hybridized carbons (Fsp3) is 0.333. The van der Waals surface area contributed by atoms with Crippen LogP contribution >= 0.6 is 23.2 Å². The highest BCUT2D eigenvalue weighted by atomic mass is 35.5. The number of hydrogen-bond donors (Lipinski definition) is 2. The van der Waals surface area contributed by atoms with Crippen molar-refractivity contribution in [3.63, 3.8) is 0 Å². The molecule has 0 atom stereocenters. The zero-order chi connectivity index (χ0) is 15.1. The van der Waals surface area contributed by atoms with E-state index in [4.69, 9.17) is 37.8 Å². The van der Waals surface area contributed by atoms with Crippen molar-refractivity contribution in [3.8, 4) is 0 Å². The van der Waals surface area contributed by atoms with E-state index in [-0.39, 0.29) is 34.5 Å². The Hall–Kier alpha value is -1.34. The number of rotatable bonds is 7. The molecule has 110 valence electrons. The Balaban J connectivity index is 2.76. The quantitative estimate of drug-likeness (QED) is 0.753. The van der Waals surface area contributed by atoms with Crippen molar-refractivity contribution < 1.29 is 24.2 Å². The summed E-state index contributed by atoms with van der Waals surface area (Å²) < 4.78 is 9.77. The van der Waals surface area contributed by atoms with E-state index in [0.29, 0.717) is 6.61 Å². The Labute approximate surface area is 125 Å². The minimum absolute atomic E-state index is 0.0103. The van der Waals surface area contributed by atoms with Crippen LogP contribution in [0.1, 0.15) is 10.4 Å². The molecule has 1 aromatic rings. The molecule has 0 aliphatic carbocycles. The number of benzene rings is 1. The van der Waals surface area contributed by atoms with Crippen LogP contribution in [0.25, 0.3) is 0 Å². The molecule has 1 amide bonds. The summed E-state index contributed by atoms with van der Waals surface area (Å²) >= 11 is 11.6. The van der Waals surface area contributed by atoms with Gasteiger partial charge in [-0.3, -0.25) is 4.79 Å². The smallest absolute Gasteiger partial charge is 0.337 e. The number of aromatic carboxylic acids is 1. The lowest BCUT2D eigenvalue weighted by atomic mass is 10.1. The zero-order valence-corrected chi connectivity index (χ0v) is 12.1. The predicted octanol–water partition coefficient (Wildman–Crippen LogP) is 2.29. The van der Waals surface area contributed by atoms with E-state index in [1.807, 2.05) is 0 Å². The molecule has 2 N–H and O–H groups in total. The molecule has 0 aromatic heterocycles. The summed E-state index contributed by atoms with van der Waals surface area (Å²) in [5, 5.41) is 11.7. The van der Waals surface area contributed by atoms with E-state index >= 15 is 0 Å². The third-order valence-corrected chi connectivity index (χ3v) is 2.73. The molecule has 0 aliphatic rings. The number of carbonyl (C=O) groups excluding carboxylic acids is 1. The lowest BCUT2D eigenvalue weighted by molar-refractivity contribution is -0.121. The summed E-state index contributed by atoms with van der Waals surface area (Å²) in [4.78, 5) is 22.7. The number of hydrogen-bond acceptors (Lipinski definition) is 4. The number of carbonyl (C=O) groups is 2. The van der Waals surface area contributed by atoms with Crippen LogP contribution in [0.4, 0.5) is 5.69 Å². The standard InChI is InChI=1S/C12H13Cl2NO5/c1-19-2-3-20-6-10(16)15-11-8(12(17)18)4-7(13)5-9(11)14/h4-5H,2-3,6H2,1H3,(H,15,16)(H,17,18). The Morgan fingerprint density at radius 3 is 2.60 bits per heavy atom. The van der Waals surface area contributed by atoms with Crippen LogP contribution in [0.2, 0.25) is 10.0 Å². The molecule has 0 heterocycles. The normalized spacial score (nSPS) is 10.3. The molecule has 1 rings (SSSR count). The molecular weight excluding hydrogens is 309 g/mol. The number of ether oxygens (including phenoxy) is 2. The zero-order valence-electron chi connectivity index (χ0n) is 10.6. The molecule has 0 saturated heterocycles. The van der Waals surface area contributed by atoms with Crippen LogP contribution in [0.5, 0.6) is 0 Å². The SMILES string of the molecule is COCCOCC(=O)Nc1c(Cl)cc(Cl)cc1C(=O)O. The van der Waals surface area contributed by atoms with Crippen molar-refractivity contribution in [1.29, 1.82) is 0 Å². The van der Waals surface area contributed by atoms with Crippen LogP contribution in [0.15, 0.2) is 12.1 Å². The van der Waals surface area contributed by atoms with E-state index in [0.717, 1.165) is 0 Å². The maximum Gasteiger partial charge on any atom is 0.337 e. The summed E-state index contributed by atoms with van der Waals surface area (Å²) in [5.74, 6) is -1.77. The highest BCUT2D eigenvalue weighted by Crippen LogP contribution is 2.30. The Kier molecular flexibility index (Phi) is 6.74. The van der Waals surface area contributed by atoms with E-state index in [1.165, 1.54) is 19.2 Å². The third-order valence-electron chi connectivity index (χ3n) is 2.21. The molecule has 0 saturated carbocycles. The van der Waals surface area contributed by atoms with Crippen LogP contribution in [-0.4, -0.2) is 43.9 Å². The number of carboxylic acids is 1. The lowest BCUT2D eigenvalue weighted by Gasteiger charge is -2.11. The second-order valence-corrected chi connectivity index (χ2v) is 4.55. The van der Waals surface area contributed by atoms with Crippen molar-refractivity contribution >= 4 is 40.8 Å². The molecule has 0 fully saturated rings.